The molecule has 0 bridgehead atoms. The summed E-state index contributed by atoms with van der Waals surface area (Å²) < 4.78 is 10.2. The van der Waals surface area contributed by atoms with Crippen molar-refractivity contribution in [1.82, 2.24) is 0 Å². The van der Waals surface area contributed by atoms with Gasteiger partial charge in [0.25, 0.3) is 0 Å². The smallest absolute Gasteiger partial charge is 0.306 e. The molecule has 1 aromatic rings. The summed E-state index contributed by atoms with van der Waals surface area (Å²) in [5.74, 6) is -0.694. The van der Waals surface area contributed by atoms with Gasteiger partial charge in [-0.2, -0.15) is 0 Å². The summed E-state index contributed by atoms with van der Waals surface area (Å²) in [6.45, 7) is 2.88. The van der Waals surface area contributed by atoms with Crippen LogP contribution in [0.1, 0.15) is 63.9 Å². The van der Waals surface area contributed by atoms with Gasteiger partial charge in [-0.3, -0.25) is 9.59 Å². The molecule has 4 nitrogen and oxygen atoms in total. The molecule has 0 aromatic heterocycles. The van der Waals surface area contributed by atoms with Crippen LogP contribution >= 0.6 is 0 Å². The van der Waals surface area contributed by atoms with Crippen molar-refractivity contribution in [3.63, 3.8) is 0 Å². The lowest BCUT2D eigenvalue weighted by Crippen LogP contribution is -2.11. The largest absolute Gasteiger partial charge is 0.466 e. The van der Waals surface area contributed by atoms with Crippen LogP contribution in [0.4, 0.5) is 0 Å². The van der Waals surface area contributed by atoms with E-state index in [2.05, 4.69) is 6.92 Å². The van der Waals surface area contributed by atoms with E-state index in [9.17, 15) is 9.59 Å². The van der Waals surface area contributed by atoms with Crippen LogP contribution in [0.5, 0.6) is 0 Å². The number of ether oxygens (including phenoxy) is 2. The van der Waals surface area contributed by atoms with E-state index in [4.69, 9.17) is 9.47 Å². The van der Waals surface area contributed by atoms with Crippen molar-refractivity contribution in [2.75, 3.05) is 6.61 Å². The van der Waals surface area contributed by atoms with Gasteiger partial charge in [-0.1, -0.05) is 69.4 Å². The zero-order valence-corrected chi connectivity index (χ0v) is 14.1. The van der Waals surface area contributed by atoms with Crippen LogP contribution in [-0.2, 0) is 25.7 Å². The number of benzene rings is 1. The van der Waals surface area contributed by atoms with Gasteiger partial charge >= 0.3 is 11.9 Å². The van der Waals surface area contributed by atoms with Crippen molar-refractivity contribution in [2.24, 2.45) is 0 Å². The molecule has 1 rings (SSSR count). The highest BCUT2D eigenvalue weighted by molar-refractivity contribution is 5.77. The molecule has 1 aromatic carbocycles. The average molecular weight is 320 g/mol. The number of esters is 2. The first kappa shape index (κ1) is 19.2. The average Bonchev–Trinajstić information content (AvgIpc) is 2.58. The second-order valence-electron chi connectivity index (χ2n) is 5.63. The van der Waals surface area contributed by atoms with Crippen molar-refractivity contribution in [2.45, 2.75) is 64.9 Å². The van der Waals surface area contributed by atoms with E-state index in [0.717, 1.165) is 18.4 Å². The van der Waals surface area contributed by atoms with Gasteiger partial charge in [0, 0.05) is 0 Å². The molecule has 0 N–H and O–H groups in total. The lowest BCUT2D eigenvalue weighted by Gasteiger charge is -2.06. The van der Waals surface area contributed by atoms with Gasteiger partial charge in [0.15, 0.2) is 0 Å². The maximum absolute atomic E-state index is 11.6. The van der Waals surface area contributed by atoms with Crippen molar-refractivity contribution >= 4 is 11.9 Å². The Balaban J connectivity index is 1.99. The monoisotopic (exact) mass is 320 g/mol. The van der Waals surface area contributed by atoms with Crippen molar-refractivity contribution < 1.29 is 19.1 Å². The summed E-state index contributed by atoms with van der Waals surface area (Å²) in [6, 6.07) is 9.47. The Kier molecular flexibility index (Phi) is 10.6. The van der Waals surface area contributed by atoms with Gasteiger partial charge in [0.05, 0.1) is 19.4 Å². The Morgan fingerprint density at radius 1 is 0.826 bits per heavy atom. The summed E-state index contributed by atoms with van der Waals surface area (Å²) in [6.07, 6.45) is 7.08. The molecule has 0 spiro atoms. The predicted octanol–water partition coefficient (Wildman–Crippen LogP) is 4.41. The topological polar surface area (TPSA) is 52.6 Å². The minimum absolute atomic E-state index is 0.0716. The van der Waals surface area contributed by atoms with Crippen LogP contribution in [-0.4, -0.2) is 18.5 Å². The summed E-state index contributed by atoms with van der Waals surface area (Å²) in [5, 5.41) is 0. The van der Waals surface area contributed by atoms with E-state index in [1.165, 1.54) is 25.7 Å². The fourth-order valence-corrected chi connectivity index (χ4v) is 2.15. The summed E-state index contributed by atoms with van der Waals surface area (Å²) in [4.78, 5) is 23.1. The number of hydrogen-bond donors (Lipinski definition) is 0. The van der Waals surface area contributed by atoms with E-state index in [1.807, 2.05) is 30.3 Å². The van der Waals surface area contributed by atoms with Gasteiger partial charge in [0.1, 0.15) is 6.61 Å². The molecule has 0 aliphatic heterocycles. The zero-order chi connectivity index (χ0) is 16.8. The first-order valence-electron chi connectivity index (χ1n) is 8.57. The summed E-state index contributed by atoms with van der Waals surface area (Å²) in [5.41, 5.74) is 0.937. The molecule has 0 saturated heterocycles. The third kappa shape index (κ3) is 10.5. The van der Waals surface area contributed by atoms with Crippen LogP contribution in [0, 0.1) is 0 Å². The quantitative estimate of drug-likeness (QED) is 0.423. The maximum atomic E-state index is 11.6. The highest BCUT2D eigenvalue weighted by atomic mass is 16.5. The third-order valence-electron chi connectivity index (χ3n) is 3.54. The highest BCUT2D eigenvalue weighted by Crippen LogP contribution is 2.06. The Morgan fingerprint density at radius 2 is 1.43 bits per heavy atom. The number of carbonyl (C=O) groups excluding carboxylic acids is 2. The predicted molar refractivity (Wildman–Crippen MR) is 89.8 cm³/mol. The molecule has 0 aliphatic rings. The van der Waals surface area contributed by atoms with Crippen LogP contribution < -0.4 is 0 Å². The van der Waals surface area contributed by atoms with Crippen LogP contribution in [0.3, 0.4) is 0 Å². The fourth-order valence-electron chi connectivity index (χ4n) is 2.15. The number of unbranched alkanes of at least 4 members (excludes halogenated alkanes) is 5. The van der Waals surface area contributed by atoms with Crippen LogP contribution in [0.25, 0.3) is 0 Å². The molecule has 0 fully saturated rings. The van der Waals surface area contributed by atoms with E-state index in [1.54, 1.807) is 0 Å². The number of rotatable bonds is 12. The summed E-state index contributed by atoms with van der Waals surface area (Å²) in [7, 11) is 0. The highest BCUT2D eigenvalue weighted by Gasteiger charge is 2.09. The molecule has 0 aliphatic carbocycles. The second kappa shape index (κ2) is 12.7. The van der Waals surface area contributed by atoms with Gasteiger partial charge in [-0.25, -0.2) is 0 Å². The zero-order valence-electron chi connectivity index (χ0n) is 14.1. The first-order valence-corrected chi connectivity index (χ1v) is 8.57. The lowest BCUT2D eigenvalue weighted by molar-refractivity contribution is -0.151. The minimum atomic E-state index is -0.370. The standard InChI is InChI=1S/C19H28O4/c1-2-3-4-5-6-10-15-22-18(20)13-14-19(21)23-16-17-11-8-7-9-12-17/h7-9,11-12H,2-6,10,13-16H2,1H3. The number of hydrogen-bond acceptors (Lipinski definition) is 4. The number of carbonyl (C=O) groups is 2. The second-order valence-corrected chi connectivity index (χ2v) is 5.63. The van der Waals surface area contributed by atoms with Gasteiger partial charge in [0.2, 0.25) is 0 Å². The summed E-state index contributed by atoms with van der Waals surface area (Å²) >= 11 is 0. The molecule has 0 heterocycles. The van der Waals surface area contributed by atoms with E-state index < -0.39 is 0 Å². The normalized spacial score (nSPS) is 10.3. The first-order chi connectivity index (χ1) is 11.2. The Morgan fingerprint density at radius 3 is 2.13 bits per heavy atom. The molecule has 0 radical (unpaired) electrons. The molecule has 0 atom stereocenters. The van der Waals surface area contributed by atoms with Crippen LogP contribution in [0.2, 0.25) is 0 Å². The minimum Gasteiger partial charge on any atom is -0.466 e. The molecular weight excluding hydrogens is 292 g/mol. The third-order valence-corrected chi connectivity index (χ3v) is 3.54. The van der Waals surface area contributed by atoms with Gasteiger partial charge in [-0.05, 0) is 12.0 Å². The van der Waals surface area contributed by atoms with Crippen LogP contribution in [0.15, 0.2) is 30.3 Å². The molecule has 0 unspecified atom stereocenters. The Hall–Kier alpha value is -1.84. The molecule has 128 valence electrons. The molecule has 4 heteroatoms. The molecule has 0 saturated carbocycles. The van der Waals surface area contributed by atoms with E-state index in [-0.39, 0.29) is 31.4 Å². The van der Waals surface area contributed by atoms with Gasteiger partial charge < -0.3 is 9.47 Å². The maximum Gasteiger partial charge on any atom is 0.306 e. The van der Waals surface area contributed by atoms with E-state index >= 15 is 0 Å². The molecular formula is C19H28O4. The van der Waals surface area contributed by atoms with E-state index in [0.29, 0.717) is 6.61 Å². The van der Waals surface area contributed by atoms with Crippen molar-refractivity contribution in [1.29, 1.82) is 0 Å². The molecule has 0 amide bonds. The Labute approximate surface area is 139 Å². The lowest BCUT2D eigenvalue weighted by atomic mass is 10.1. The van der Waals surface area contributed by atoms with Gasteiger partial charge in [-0.15, -0.1) is 0 Å². The van der Waals surface area contributed by atoms with Crippen molar-refractivity contribution in [3.05, 3.63) is 35.9 Å². The SMILES string of the molecule is CCCCCCCCOC(=O)CCC(=O)OCc1ccccc1. The van der Waals surface area contributed by atoms with Crippen molar-refractivity contribution in [3.8, 4) is 0 Å². The Bertz CT molecular complexity index is 442. The molecule has 23 heavy (non-hydrogen) atoms. The fraction of sp³-hybridized carbons (Fsp3) is 0.579.